The van der Waals surface area contributed by atoms with Gasteiger partial charge in [-0.3, -0.25) is 4.90 Å². The van der Waals surface area contributed by atoms with Gasteiger partial charge in [0.05, 0.1) is 29.3 Å². The summed E-state index contributed by atoms with van der Waals surface area (Å²) in [6.07, 6.45) is 4.80. The average molecular weight is 516 g/mol. The molecule has 5 heterocycles. The Balaban J connectivity index is 1.27. The number of benzene rings is 1. The molecule has 0 saturated heterocycles. The van der Waals surface area contributed by atoms with Crippen LogP contribution >= 0.6 is 0 Å². The van der Waals surface area contributed by atoms with Crippen LogP contribution in [0.15, 0.2) is 42.9 Å². The first-order chi connectivity index (χ1) is 18.3. The molecule has 0 saturated carbocycles. The van der Waals surface area contributed by atoms with Crippen molar-refractivity contribution in [2.75, 3.05) is 11.9 Å². The predicted molar refractivity (Wildman–Crippen MR) is 140 cm³/mol. The highest BCUT2D eigenvalue weighted by Crippen LogP contribution is 2.30. The van der Waals surface area contributed by atoms with E-state index in [2.05, 4.69) is 42.2 Å². The lowest BCUT2D eigenvalue weighted by Gasteiger charge is -2.12. The molecule has 0 fully saturated rings. The van der Waals surface area contributed by atoms with E-state index >= 15 is 0 Å². The molecule has 38 heavy (non-hydrogen) atoms. The zero-order chi connectivity index (χ0) is 26.6. The predicted octanol–water partition coefficient (Wildman–Crippen LogP) is 5.32. The van der Waals surface area contributed by atoms with E-state index in [0.29, 0.717) is 22.7 Å². The average Bonchev–Trinajstić information content (AvgIpc) is 3.56. The smallest absolute Gasteiger partial charge is 0.229 e. The van der Waals surface area contributed by atoms with Crippen molar-refractivity contribution in [3.05, 3.63) is 71.6 Å². The minimum atomic E-state index is -0.654. The van der Waals surface area contributed by atoms with E-state index in [4.69, 9.17) is 0 Å². The van der Waals surface area contributed by atoms with Gasteiger partial charge in [-0.15, -0.1) is 0 Å². The molecule has 11 heteroatoms. The number of halogens is 2. The molecule has 4 aromatic heterocycles. The first-order valence-electron chi connectivity index (χ1n) is 12.5. The van der Waals surface area contributed by atoms with Gasteiger partial charge in [0.1, 0.15) is 22.9 Å². The molecule has 0 aliphatic carbocycles. The molecule has 0 atom stereocenters. The molecule has 194 valence electrons. The van der Waals surface area contributed by atoms with Gasteiger partial charge in [0.15, 0.2) is 11.6 Å². The second-order valence-electron chi connectivity index (χ2n) is 9.71. The molecule has 1 aromatic carbocycles. The Hall–Kier alpha value is -4.25. The van der Waals surface area contributed by atoms with Gasteiger partial charge in [-0.2, -0.15) is 5.10 Å². The lowest BCUT2D eigenvalue weighted by atomic mass is 10.1. The number of hydrogen-bond donors (Lipinski definition) is 1. The zero-order valence-corrected chi connectivity index (χ0v) is 21.6. The lowest BCUT2D eigenvalue weighted by Crippen LogP contribution is -2.16. The summed E-state index contributed by atoms with van der Waals surface area (Å²) < 4.78 is 33.5. The van der Waals surface area contributed by atoms with Crippen molar-refractivity contribution in [3.8, 4) is 16.9 Å². The summed E-state index contributed by atoms with van der Waals surface area (Å²) in [5, 5.41) is 7.70. The van der Waals surface area contributed by atoms with E-state index in [1.165, 1.54) is 11.6 Å². The summed E-state index contributed by atoms with van der Waals surface area (Å²) in [4.78, 5) is 19.5. The number of pyridine rings is 1. The summed E-state index contributed by atoms with van der Waals surface area (Å²) in [5.41, 5.74) is 4.27. The summed E-state index contributed by atoms with van der Waals surface area (Å²) in [6.45, 7) is 10.7. The number of imidazole rings is 1. The topological polar surface area (TPSA) is 89.6 Å². The first kappa shape index (κ1) is 24.1. The molecule has 0 radical (unpaired) electrons. The standard InChI is InChI=1S/C27H27F2N9/c1-5-36-12-18-13-37(35-22(18)14-36)19-6-7-24(30-10-19)33-27-31-11-21(29)25(34-27)17-8-20(28)26-23(9-17)38(15(2)3)16(4)32-26/h6-11,13,15H,5,12,14H2,1-4H3,(H,30,31,33,34). The fourth-order valence-electron chi connectivity index (χ4n) is 4.97. The van der Waals surface area contributed by atoms with E-state index in [9.17, 15) is 8.78 Å². The molecule has 0 bridgehead atoms. The van der Waals surface area contributed by atoms with Crippen LogP contribution in [0.1, 0.15) is 43.9 Å². The molecule has 0 unspecified atom stereocenters. The molecule has 1 aliphatic rings. The van der Waals surface area contributed by atoms with Crippen LogP contribution in [0.2, 0.25) is 0 Å². The third kappa shape index (κ3) is 4.18. The molecule has 1 aliphatic heterocycles. The highest BCUT2D eigenvalue weighted by Gasteiger charge is 2.22. The Morgan fingerprint density at radius 3 is 2.58 bits per heavy atom. The summed E-state index contributed by atoms with van der Waals surface area (Å²) in [6, 6.07) is 6.69. The van der Waals surface area contributed by atoms with Gasteiger partial charge in [-0.1, -0.05) is 6.92 Å². The molecule has 6 rings (SSSR count). The highest BCUT2D eigenvalue weighted by molar-refractivity contribution is 5.83. The minimum absolute atomic E-state index is 0.0127. The zero-order valence-electron chi connectivity index (χ0n) is 21.6. The maximum absolute atomic E-state index is 15.0. The number of aryl methyl sites for hydroxylation is 1. The first-order valence-corrected chi connectivity index (χ1v) is 12.5. The van der Waals surface area contributed by atoms with Gasteiger partial charge < -0.3 is 9.88 Å². The third-order valence-corrected chi connectivity index (χ3v) is 6.80. The molecule has 0 spiro atoms. The quantitative estimate of drug-likeness (QED) is 0.327. The Bertz CT molecular complexity index is 1630. The van der Waals surface area contributed by atoms with E-state index in [1.54, 1.807) is 18.3 Å². The normalized spacial score (nSPS) is 13.6. The van der Waals surface area contributed by atoms with Gasteiger partial charge in [0.2, 0.25) is 5.95 Å². The largest absolute Gasteiger partial charge is 0.326 e. The number of anilines is 2. The second-order valence-corrected chi connectivity index (χ2v) is 9.71. The van der Waals surface area contributed by atoms with Crippen molar-refractivity contribution in [1.29, 1.82) is 0 Å². The fourth-order valence-corrected chi connectivity index (χ4v) is 4.97. The van der Waals surface area contributed by atoms with E-state index in [-0.39, 0.29) is 23.2 Å². The van der Waals surface area contributed by atoms with Crippen LogP contribution in [0.3, 0.4) is 0 Å². The molecule has 0 amide bonds. The number of nitrogens with one attached hydrogen (secondary N) is 1. The van der Waals surface area contributed by atoms with Crippen molar-refractivity contribution in [2.24, 2.45) is 0 Å². The molecular weight excluding hydrogens is 488 g/mol. The summed E-state index contributed by atoms with van der Waals surface area (Å²) in [7, 11) is 0. The maximum atomic E-state index is 15.0. The van der Waals surface area contributed by atoms with Crippen LogP contribution < -0.4 is 5.32 Å². The number of hydrogen-bond acceptors (Lipinski definition) is 7. The summed E-state index contributed by atoms with van der Waals surface area (Å²) >= 11 is 0. The highest BCUT2D eigenvalue weighted by atomic mass is 19.1. The van der Waals surface area contributed by atoms with E-state index in [0.717, 1.165) is 37.2 Å². The van der Waals surface area contributed by atoms with Gasteiger partial charge in [0, 0.05) is 36.5 Å². The van der Waals surface area contributed by atoms with Gasteiger partial charge in [-0.05, 0) is 51.6 Å². The maximum Gasteiger partial charge on any atom is 0.229 e. The van der Waals surface area contributed by atoms with Crippen molar-refractivity contribution >= 4 is 22.8 Å². The Kier molecular flexibility index (Phi) is 5.87. The Morgan fingerprint density at radius 1 is 1.03 bits per heavy atom. The molecule has 5 aromatic rings. The van der Waals surface area contributed by atoms with Crippen LogP contribution in [-0.2, 0) is 13.1 Å². The lowest BCUT2D eigenvalue weighted by molar-refractivity contribution is 0.296. The Labute approximate surface area is 218 Å². The van der Waals surface area contributed by atoms with Crippen LogP contribution in [0.4, 0.5) is 20.5 Å². The monoisotopic (exact) mass is 515 g/mol. The van der Waals surface area contributed by atoms with Crippen LogP contribution in [0.25, 0.3) is 28.0 Å². The Morgan fingerprint density at radius 2 is 1.87 bits per heavy atom. The van der Waals surface area contributed by atoms with Crippen LogP contribution in [-0.4, -0.2) is 45.7 Å². The summed E-state index contributed by atoms with van der Waals surface area (Å²) in [5.74, 6) is 0.135. The van der Waals surface area contributed by atoms with Crippen molar-refractivity contribution in [1.82, 2.24) is 39.2 Å². The van der Waals surface area contributed by atoms with Gasteiger partial charge >= 0.3 is 0 Å². The van der Waals surface area contributed by atoms with Crippen LogP contribution in [0, 0.1) is 18.6 Å². The van der Waals surface area contributed by atoms with Gasteiger partial charge in [-0.25, -0.2) is 33.4 Å². The number of fused-ring (bicyclic) bond motifs is 2. The fraction of sp³-hybridized carbons (Fsp3) is 0.296. The third-order valence-electron chi connectivity index (χ3n) is 6.80. The van der Waals surface area contributed by atoms with Gasteiger partial charge in [0.25, 0.3) is 0 Å². The minimum Gasteiger partial charge on any atom is -0.326 e. The number of nitrogens with zero attached hydrogens (tertiary/aromatic N) is 8. The van der Waals surface area contributed by atoms with E-state index in [1.807, 2.05) is 42.3 Å². The van der Waals surface area contributed by atoms with E-state index < -0.39 is 11.6 Å². The molecule has 1 N–H and O–H groups in total. The second kappa shape index (κ2) is 9.25. The van der Waals surface area contributed by atoms with Crippen molar-refractivity contribution in [2.45, 2.75) is 46.8 Å². The number of rotatable bonds is 6. The molecule has 9 nitrogen and oxygen atoms in total. The number of aromatic nitrogens is 7. The molecular formula is C27H27F2N9. The van der Waals surface area contributed by atoms with Crippen molar-refractivity contribution < 1.29 is 8.78 Å². The van der Waals surface area contributed by atoms with Crippen molar-refractivity contribution in [3.63, 3.8) is 0 Å². The van der Waals surface area contributed by atoms with Crippen LogP contribution in [0.5, 0.6) is 0 Å². The SMILES string of the molecule is CCN1Cc2cn(-c3ccc(Nc4ncc(F)c(-c5cc(F)c6nc(C)n(C(C)C)c6c5)n4)nc3)nc2C1.